The topological polar surface area (TPSA) is 55.2 Å². The van der Waals surface area contributed by atoms with Crippen molar-refractivity contribution in [3.8, 4) is 0 Å². The first-order valence-corrected chi connectivity index (χ1v) is 5.22. The fourth-order valence-electron chi connectivity index (χ4n) is 1.97. The van der Waals surface area contributed by atoms with Crippen molar-refractivity contribution in [2.75, 3.05) is 6.54 Å². The molecule has 1 fully saturated rings. The number of nitro groups is 1. The lowest BCUT2D eigenvalue weighted by molar-refractivity contribution is -0.384. The Kier molecular flexibility index (Phi) is 2.97. The van der Waals surface area contributed by atoms with Gasteiger partial charge in [0.15, 0.2) is 0 Å². The van der Waals surface area contributed by atoms with Crippen molar-refractivity contribution >= 4 is 5.69 Å². The Morgan fingerprint density at radius 1 is 1.40 bits per heavy atom. The standard InChI is InChI=1S/C11H14N2O2/c14-13(15)11-5-3-9(4-6-11)8-10-2-1-7-12-10/h3-6,10,12H,1-2,7-8H2. The van der Waals surface area contributed by atoms with E-state index in [1.807, 2.05) is 12.1 Å². The van der Waals surface area contributed by atoms with E-state index in [0.717, 1.165) is 13.0 Å². The van der Waals surface area contributed by atoms with E-state index in [0.29, 0.717) is 6.04 Å². The molecule has 1 aromatic carbocycles. The molecule has 0 aromatic heterocycles. The molecular weight excluding hydrogens is 192 g/mol. The third kappa shape index (κ3) is 2.53. The van der Waals surface area contributed by atoms with Gasteiger partial charge in [-0.25, -0.2) is 0 Å². The molecule has 4 heteroatoms. The van der Waals surface area contributed by atoms with E-state index in [1.54, 1.807) is 12.1 Å². The van der Waals surface area contributed by atoms with Crippen molar-refractivity contribution in [3.63, 3.8) is 0 Å². The summed E-state index contributed by atoms with van der Waals surface area (Å²) in [6.45, 7) is 1.09. The maximum atomic E-state index is 10.4. The summed E-state index contributed by atoms with van der Waals surface area (Å²) in [6, 6.07) is 7.39. The van der Waals surface area contributed by atoms with Crippen molar-refractivity contribution in [2.24, 2.45) is 0 Å². The summed E-state index contributed by atoms with van der Waals surface area (Å²) < 4.78 is 0. The summed E-state index contributed by atoms with van der Waals surface area (Å²) in [6.07, 6.45) is 3.41. The van der Waals surface area contributed by atoms with Gasteiger partial charge in [0.25, 0.3) is 5.69 Å². The Labute approximate surface area is 88.5 Å². The molecule has 80 valence electrons. The Bertz CT molecular complexity index is 342. The van der Waals surface area contributed by atoms with Gasteiger partial charge in [0, 0.05) is 18.2 Å². The fourth-order valence-corrected chi connectivity index (χ4v) is 1.97. The Morgan fingerprint density at radius 2 is 2.13 bits per heavy atom. The highest BCUT2D eigenvalue weighted by Gasteiger charge is 2.14. The molecule has 1 unspecified atom stereocenters. The Hall–Kier alpha value is -1.42. The van der Waals surface area contributed by atoms with E-state index in [4.69, 9.17) is 0 Å². The van der Waals surface area contributed by atoms with Crippen LogP contribution in [0.1, 0.15) is 18.4 Å². The van der Waals surface area contributed by atoms with Gasteiger partial charge >= 0.3 is 0 Å². The normalized spacial score (nSPS) is 20.4. The van der Waals surface area contributed by atoms with Gasteiger partial charge in [0.2, 0.25) is 0 Å². The van der Waals surface area contributed by atoms with Crippen LogP contribution in [0.4, 0.5) is 5.69 Å². The van der Waals surface area contributed by atoms with Crippen LogP contribution in [0.2, 0.25) is 0 Å². The highest BCUT2D eigenvalue weighted by Crippen LogP contribution is 2.15. The van der Waals surface area contributed by atoms with Crippen LogP contribution >= 0.6 is 0 Å². The van der Waals surface area contributed by atoms with Crippen molar-refractivity contribution in [3.05, 3.63) is 39.9 Å². The molecule has 0 radical (unpaired) electrons. The van der Waals surface area contributed by atoms with Gasteiger partial charge < -0.3 is 5.32 Å². The predicted octanol–water partition coefficient (Wildman–Crippen LogP) is 1.89. The predicted molar refractivity (Wildman–Crippen MR) is 57.8 cm³/mol. The van der Waals surface area contributed by atoms with Crippen LogP contribution in [0.15, 0.2) is 24.3 Å². The minimum Gasteiger partial charge on any atom is -0.314 e. The maximum Gasteiger partial charge on any atom is 0.269 e. The largest absolute Gasteiger partial charge is 0.314 e. The monoisotopic (exact) mass is 206 g/mol. The van der Waals surface area contributed by atoms with E-state index >= 15 is 0 Å². The molecule has 1 aliphatic heterocycles. The zero-order chi connectivity index (χ0) is 10.7. The lowest BCUT2D eigenvalue weighted by atomic mass is 10.0. The summed E-state index contributed by atoms with van der Waals surface area (Å²) in [5.74, 6) is 0. The molecule has 1 aliphatic rings. The molecule has 1 saturated heterocycles. The minimum atomic E-state index is -0.363. The second kappa shape index (κ2) is 4.40. The average molecular weight is 206 g/mol. The van der Waals surface area contributed by atoms with Gasteiger partial charge in [-0.15, -0.1) is 0 Å². The molecular formula is C11H14N2O2. The quantitative estimate of drug-likeness (QED) is 0.607. The van der Waals surface area contributed by atoms with Gasteiger partial charge in [-0.05, 0) is 31.4 Å². The lowest BCUT2D eigenvalue weighted by Gasteiger charge is -2.09. The number of nitrogens with zero attached hydrogens (tertiary/aromatic N) is 1. The van der Waals surface area contributed by atoms with Crippen molar-refractivity contribution in [2.45, 2.75) is 25.3 Å². The average Bonchev–Trinajstić information content (AvgIpc) is 2.71. The second-order valence-corrected chi connectivity index (χ2v) is 3.92. The fraction of sp³-hybridized carbons (Fsp3) is 0.455. The van der Waals surface area contributed by atoms with Crippen LogP contribution in [0.5, 0.6) is 0 Å². The van der Waals surface area contributed by atoms with Gasteiger partial charge in [-0.2, -0.15) is 0 Å². The van der Waals surface area contributed by atoms with Crippen LogP contribution in [0.25, 0.3) is 0 Å². The van der Waals surface area contributed by atoms with Gasteiger partial charge in [-0.3, -0.25) is 10.1 Å². The van der Waals surface area contributed by atoms with Gasteiger partial charge in [0.1, 0.15) is 0 Å². The molecule has 0 amide bonds. The molecule has 0 bridgehead atoms. The second-order valence-electron chi connectivity index (χ2n) is 3.92. The Balaban J connectivity index is 2.00. The third-order valence-corrected chi connectivity index (χ3v) is 2.79. The summed E-state index contributed by atoms with van der Waals surface area (Å²) in [7, 11) is 0. The van der Waals surface area contributed by atoms with Crippen LogP contribution < -0.4 is 5.32 Å². The molecule has 0 spiro atoms. The molecule has 2 rings (SSSR count). The molecule has 15 heavy (non-hydrogen) atoms. The van der Waals surface area contributed by atoms with Crippen LogP contribution in [0, 0.1) is 10.1 Å². The van der Waals surface area contributed by atoms with Crippen LogP contribution in [0.3, 0.4) is 0 Å². The van der Waals surface area contributed by atoms with Crippen LogP contribution in [-0.4, -0.2) is 17.5 Å². The summed E-state index contributed by atoms with van der Waals surface area (Å²) in [4.78, 5) is 10.1. The minimum absolute atomic E-state index is 0.165. The lowest BCUT2D eigenvalue weighted by Crippen LogP contribution is -2.23. The van der Waals surface area contributed by atoms with Crippen LogP contribution in [-0.2, 0) is 6.42 Å². The van der Waals surface area contributed by atoms with Gasteiger partial charge in [0.05, 0.1) is 4.92 Å². The molecule has 1 N–H and O–H groups in total. The Morgan fingerprint density at radius 3 is 2.67 bits per heavy atom. The zero-order valence-corrected chi connectivity index (χ0v) is 8.48. The molecule has 0 aliphatic carbocycles. The van der Waals surface area contributed by atoms with Crippen molar-refractivity contribution in [1.29, 1.82) is 0 Å². The number of non-ortho nitro benzene ring substituents is 1. The molecule has 1 aromatic rings. The first-order chi connectivity index (χ1) is 7.25. The first-order valence-electron chi connectivity index (χ1n) is 5.22. The smallest absolute Gasteiger partial charge is 0.269 e. The highest BCUT2D eigenvalue weighted by atomic mass is 16.6. The third-order valence-electron chi connectivity index (χ3n) is 2.79. The summed E-state index contributed by atoms with van der Waals surface area (Å²) >= 11 is 0. The van der Waals surface area contributed by atoms with E-state index in [1.165, 1.54) is 18.4 Å². The van der Waals surface area contributed by atoms with E-state index in [-0.39, 0.29) is 10.6 Å². The molecule has 4 nitrogen and oxygen atoms in total. The van der Waals surface area contributed by atoms with Crippen molar-refractivity contribution < 1.29 is 4.92 Å². The number of benzene rings is 1. The number of hydrogen-bond acceptors (Lipinski definition) is 3. The molecule has 1 atom stereocenters. The van der Waals surface area contributed by atoms with E-state index in [9.17, 15) is 10.1 Å². The number of hydrogen-bond donors (Lipinski definition) is 1. The van der Waals surface area contributed by atoms with Gasteiger partial charge in [-0.1, -0.05) is 12.1 Å². The van der Waals surface area contributed by atoms with E-state index < -0.39 is 0 Å². The molecule has 1 heterocycles. The van der Waals surface area contributed by atoms with Crippen molar-refractivity contribution in [1.82, 2.24) is 5.32 Å². The number of rotatable bonds is 3. The zero-order valence-electron chi connectivity index (χ0n) is 8.48. The maximum absolute atomic E-state index is 10.4. The highest BCUT2D eigenvalue weighted by molar-refractivity contribution is 5.33. The summed E-state index contributed by atoms with van der Waals surface area (Å²) in [5.41, 5.74) is 1.33. The molecule has 0 saturated carbocycles. The van der Waals surface area contributed by atoms with E-state index in [2.05, 4.69) is 5.32 Å². The SMILES string of the molecule is O=[N+]([O-])c1ccc(CC2CCCN2)cc1. The summed E-state index contributed by atoms with van der Waals surface area (Å²) in [5, 5.41) is 13.9. The first kappa shape index (κ1) is 10.1. The number of nitro benzene ring substituents is 1. The number of nitrogens with one attached hydrogen (secondary N) is 1.